The average Bonchev–Trinajstić information content (AvgIpc) is 3.10. The van der Waals surface area contributed by atoms with Crippen LogP contribution in [0.2, 0.25) is 0 Å². The molecule has 0 atom stereocenters. The Morgan fingerprint density at radius 2 is 1.83 bits per heavy atom. The molecule has 0 fully saturated rings. The van der Waals surface area contributed by atoms with Crippen molar-refractivity contribution in [3.05, 3.63) is 66.4 Å². The summed E-state index contributed by atoms with van der Waals surface area (Å²) in [4.78, 5) is 12.3. The van der Waals surface area contributed by atoms with Gasteiger partial charge >= 0.3 is 0 Å². The van der Waals surface area contributed by atoms with E-state index in [1.54, 1.807) is 13.3 Å². The molecule has 6 nitrogen and oxygen atoms in total. The van der Waals surface area contributed by atoms with Crippen molar-refractivity contribution in [3.8, 4) is 17.4 Å². The van der Waals surface area contributed by atoms with Gasteiger partial charge < -0.3 is 19.8 Å². The van der Waals surface area contributed by atoms with E-state index in [9.17, 15) is 0 Å². The van der Waals surface area contributed by atoms with Crippen molar-refractivity contribution in [2.24, 2.45) is 0 Å². The van der Waals surface area contributed by atoms with Gasteiger partial charge in [0.25, 0.3) is 0 Å². The smallest absolute Gasteiger partial charge is 0.243 e. The van der Waals surface area contributed by atoms with Crippen LogP contribution in [-0.2, 0) is 5.41 Å². The number of ether oxygens (including phenoxy) is 2. The van der Waals surface area contributed by atoms with Crippen LogP contribution >= 0.6 is 0 Å². The van der Waals surface area contributed by atoms with E-state index in [0.717, 1.165) is 33.8 Å². The topological polar surface area (TPSA) is 72.1 Å². The van der Waals surface area contributed by atoms with Crippen molar-refractivity contribution in [1.82, 2.24) is 15.0 Å². The third kappa shape index (κ3) is 4.01. The van der Waals surface area contributed by atoms with E-state index >= 15 is 0 Å². The van der Waals surface area contributed by atoms with Crippen molar-refractivity contribution in [2.75, 3.05) is 12.4 Å². The first-order chi connectivity index (χ1) is 13.9. The lowest BCUT2D eigenvalue weighted by Crippen LogP contribution is -2.12. The summed E-state index contributed by atoms with van der Waals surface area (Å²) in [7, 11) is 1.64. The lowest BCUT2D eigenvalue weighted by Gasteiger charge is -2.22. The van der Waals surface area contributed by atoms with Crippen molar-refractivity contribution in [3.63, 3.8) is 0 Å². The van der Waals surface area contributed by atoms with Gasteiger partial charge in [0, 0.05) is 17.8 Å². The number of pyridine rings is 1. The zero-order chi connectivity index (χ0) is 20.4. The van der Waals surface area contributed by atoms with Crippen LogP contribution in [0.5, 0.6) is 17.4 Å². The Morgan fingerprint density at radius 3 is 2.62 bits per heavy atom. The lowest BCUT2D eigenvalue weighted by molar-refractivity contribution is 0.415. The standard InChI is InChI=1S/C23H24N4O2/c1-23(2,3)16-8-5-6-10-20(16)29-21-18(9-7-13-24-21)26-22-25-17-12-11-15(28-4)14-19(17)27-22/h5-14H,1-4H3,(H2,25,26,27). The quantitative estimate of drug-likeness (QED) is 0.452. The molecule has 0 radical (unpaired) electrons. The lowest BCUT2D eigenvalue weighted by atomic mass is 9.86. The molecular formula is C23H24N4O2. The third-order valence-corrected chi connectivity index (χ3v) is 4.61. The normalized spacial score (nSPS) is 11.4. The minimum Gasteiger partial charge on any atom is -0.497 e. The van der Waals surface area contributed by atoms with Crippen LogP contribution in [-0.4, -0.2) is 22.1 Å². The minimum absolute atomic E-state index is 0.0449. The van der Waals surface area contributed by atoms with Crippen LogP contribution < -0.4 is 14.8 Å². The summed E-state index contributed by atoms with van der Waals surface area (Å²) in [5.74, 6) is 2.66. The number of hydrogen-bond acceptors (Lipinski definition) is 5. The Bertz CT molecular complexity index is 1150. The highest BCUT2D eigenvalue weighted by Crippen LogP contribution is 2.36. The number of rotatable bonds is 5. The molecule has 0 bridgehead atoms. The summed E-state index contributed by atoms with van der Waals surface area (Å²) in [6, 6.07) is 17.5. The zero-order valence-electron chi connectivity index (χ0n) is 17.0. The number of nitrogens with one attached hydrogen (secondary N) is 2. The van der Waals surface area contributed by atoms with Crippen molar-refractivity contribution < 1.29 is 9.47 Å². The van der Waals surface area contributed by atoms with E-state index in [2.05, 4.69) is 47.1 Å². The highest BCUT2D eigenvalue weighted by molar-refractivity contribution is 5.80. The number of benzene rings is 2. The molecule has 0 aliphatic carbocycles. The van der Waals surface area contributed by atoms with E-state index in [0.29, 0.717) is 11.8 Å². The van der Waals surface area contributed by atoms with Gasteiger partial charge in [0.05, 0.1) is 18.1 Å². The highest BCUT2D eigenvalue weighted by Gasteiger charge is 2.20. The van der Waals surface area contributed by atoms with Crippen molar-refractivity contribution in [2.45, 2.75) is 26.2 Å². The number of aromatic nitrogens is 3. The fourth-order valence-electron chi connectivity index (χ4n) is 3.15. The molecule has 0 aliphatic rings. The van der Waals surface area contributed by atoms with Crippen LogP contribution in [0.1, 0.15) is 26.3 Å². The van der Waals surface area contributed by atoms with Gasteiger partial charge in [-0.1, -0.05) is 39.0 Å². The molecule has 0 saturated carbocycles. The Kier molecular flexibility index (Phi) is 4.84. The zero-order valence-corrected chi connectivity index (χ0v) is 17.0. The Labute approximate surface area is 169 Å². The van der Waals surface area contributed by atoms with Gasteiger partial charge in [-0.15, -0.1) is 0 Å². The Morgan fingerprint density at radius 1 is 1.00 bits per heavy atom. The average molecular weight is 388 g/mol. The molecule has 148 valence electrons. The SMILES string of the molecule is COc1ccc2nc(Nc3cccnc3Oc3ccccc3C(C)(C)C)[nH]c2c1. The van der Waals surface area contributed by atoms with E-state index in [1.807, 2.05) is 48.5 Å². The highest BCUT2D eigenvalue weighted by atomic mass is 16.5. The van der Waals surface area contributed by atoms with Gasteiger partial charge in [-0.25, -0.2) is 9.97 Å². The van der Waals surface area contributed by atoms with Gasteiger partial charge in [0.1, 0.15) is 17.2 Å². The predicted molar refractivity (Wildman–Crippen MR) is 115 cm³/mol. The molecule has 0 unspecified atom stereocenters. The number of hydrogen-bond donors (Lipinski definition) is 2. The van der Waals surface area contributed by atoms with Gasteiger partial charge in [-0.3, -0.25) is 0 Å². The summed E-state index contributed by atoms with van der Waals surface area (Å²) in [6.45, 7) is 6.49. The molecule has 2 aromatic carbocycles. The number of fused-ring (bicyclic) bond motifs is 1. The number of imidazole rings is 1. The molecular weight excluding hydrogens is 364 g/mol. The first-order valence-electron chi connectivity index (χ1n) is 9.47. The van der Waals surface area contributed by atoms with Crippen LogP contribution in [0.4, 0.5) is 11.6 Å². The Balaban J connectivity index is 1.65. The molecule has 0 saturated heterocycles. The van der Waals surface area contributed by atoms with Gasteiger partial charge in [-0.05, 0) is 35.7 Å². The van der Waals surface area contributed by atoms with Crippen LogP contribution in [0, 0.1) is 0 Å². The molecule has 2 heterocycles. The summed E-state index contributed by atoms with van der Waals surface area (Å²) >= 11 is 0. The molecule has 2 aromatic heterocycles. The number of aromatic amines is 1. The van der Waals surface area contributed by atoms with E-state index in [1.165, 1.54) is 0 Å². The van der Waals surface area contributed by atoms with E-state index < -0.39 is 0 Å². The maximum atomic E-state index is 6.21. The third-order valence-electron chi connectivity index (χ3n) is 4.61. The molecule has 4 aromatic rings. The van der Waals surface area contributed by atoms with Gasteiger partial charge in [-0.2, -0.15) is 0 Å². The van der Waals surface area contributed by atoms with Gasteiger partial charge in [0.2, 0.25) is 11.8 Å². The van der Waals surface area contributed by atoms with Crippen molar-refractivity contribution in [1.29, 1.82) is 0 Å². The number of para-hydroxylation sites is 1. The molecule has 2 N–H and O–H groups in total. The predicted octanol–water partition coefficient (Wildman–Crippen LogP) is 5.80. The van der Waals surface area contributed by atoms with Crippen LogP contribution in [0.25, 0.3) is 11.0 Å². The number of nitrogens with zero attached hydrogens (tertiary/aromatic N) is 2. The fraction of sp³-hybridized carbons (Fsp3) is 0.217. The summed E-state index contributed by atoms with van der Waals surface area (Å²) in [5.41, 5.74) is 3.53. The Hall–Kier alpha value is -3.54. The van der Waals surface area contributed by atoms with Crippen molar-refractivity contribution >= 4 is 22.7 Å². The molecule has 4 rings (SSSR count). The largest absolute Gasteiger partial charge is 0.497 e. The molecule has 0 spiro atoms. The molecule has 6 heteroatoms. The second kappa shape index (κ2) is 7.47. The maximum absolute atomic E-state index is 6.21. The second-order valence-corrected chi connectivity index (χ2v) is 7.80. The first-order valence-corrected chi connectivity index (χ1v) is 9.47. The van der Waals surface area contributed by atoms with E-state index in [-0.39, 0.29) is 5.41 Å². The molecule has 0 amide bonds. The molecule has 29 heavy (non-hydrogen) atoms. The van der Waals surface area contributed by atoms with Crippen LogP contribution in [0.3, 0.4) is 0 Å². The number of methoxy groups -OCH3 is 1. The maximum Gasteiger partial charge on any atom is 0.243 e. The van der Waals surface area contributed by atoms with Gasteiger partial charge in [0.15, 0.2) is 0 Å². The summed E-state index contributed by atoms with van der Waals surface area (Å²) in [5, 5.41) is 3.28. The number of anilines is 2. The summed E-state index contributed by atoms with van der Waals surface area (Å²) in [6.07, 6.45) is 1.71. The summed E-state index contributed by atoms with van der Waals surface area (Å²) < 4.78 is 11.5. The number of H-pyrrole nitrogens is 1. The minimum atomic E-state index is -0.0449. The second-order valence-electron chi connectivity index (χ2n) is 7.80. The first kappa shape index (κ1) is 18.8. The fourth-order valence-corrected chi connectivity index (χ4v) is 3.15. The monoisotopic (exact) mass is 388 g/mol. The molecule has 0 aliphatic heterocycles. The van der Waals surface area contributed by atoms with Crippen LogP contribution in [0.15, 0.2) is 60.8 Å². The van der Waals surface area contributed by atoms with E-state index in [4.69, 9.17) is 9.47 Å².